The van der Waals surface area contributed by atoms with E-state index in [4.69, 9.17) is 33.7 Å². The van der Waals surface area contributed by atoms with Gasteiger partial charge >= 0.3 is 0 Å². The van der Waals surface area contributed by atoms with Gasteiger partial charge in [0.2, 0.25) is 5.91 Å². The van der Waals surface area contributed by atoms with E-state index in [0.717, 1.165) is 16.8 Å². The van der Waals surface area contributed by atoms with Crippen molar-refractivity contribution < 1.29 is 14.3 Å². The van der Waals surface area contributed by atoms with Crippen molar-refractivity contribution in [3.8, 4) is 5.75 Å². The molecule has 0 aliphatic heterocycles. The van der Waals surface area contributed by atoms with Gasteiger partial charge in [0, 0.05) is 18.8 Å². The van der Waals surface area contributed by atoms with Crippen molar-refractivity contribution in [1.82, 2.24) is 9.88 Å². The minimum absolute atomic E-state index is 0.184. The highest BCUT2D eigenvalue weighted by atomic mass is 35.5. The van der Waals surface area contributed by atoms with Crippen LogP contribution in [0.15, 0.2) is 72.9 Å². The van der Waals surface area contributed by atoms with E-state index < -0.39 is 5.91 Å². The number of nitrogens with zero attached hydrogens (tertiary/aromatic N) is 2. The molecule has 1 heterocycles. The Kier molecular flexibility index (Phi) is 8.25. The van der Waals surface area contributed by atoms with E-state index in [2.05, 4.69) is 4.98 Å². The Morgan fingerprint density at radius 1 is 1.00 bits per heavy atom. The van der Waals surface area contributed by atoms with Gasteiger partial charge in [-0.3, -0.25) is 14.6 Å². The van der Waals surface area contributed by atoms with Crippen molar-refractivity contribution in [2.45, 2.75) is 13.1 Å². The fraction of sp³-hybridized carbons (Fsp3) is 0.125. The molecule has 2 N–H and O–H groups in total. The molecular weight excluding hydrogens is 449 g/mol. The third-order valence-electron chi connectivity index (χ3n) is 4.43. The molecule has 0 fully saturated rings. The van der Waals surface area contributed by atoms with Gasteiger partial charge in [0.15, 0.2) is 6.61 Å². The summed E-state index contributed by atoms with van der Waals surface area (Å²) < 4.78 is 5.24. The molecule has 3 rings (SSSR count). The molecule has 0 aliphatic rings. The number of pyridine rings is 1. The number of benzene rings is 2. The zero-order valence-corrected chi connectivity index (χ0v) is 18.6. The van der Waals surface area contributed by atoms with Crippen LogP contribution in [0.25, 0.3) is 6.08 Å². The first-order valence-electron chi connectivity index (χ1n) is 9.72. The average Bonchev–Trinajstić information content (AvgIpc) is 2.79. The lowest BCUT2D eigenvalue weighted by Gasteiger charge is -2.21. The third-order valence-corrected chi connectivity index (χ3v) is 5.17. The van der Waals surface area contributed by atoms with E-state index in [1.807, 2.05) is 24.3 Å². The Morgan fingerprint density at radius 3 is 2.44 bits per heavy atom. The molecule has 0 aliphatic carbocycles. The zero-order chi connectivity index (χ0) is 22.9. The quantitative estimate of drug-likeness (QED) is 0.467. The van der Waals surface area contributed by atoms with E-state index in [1.54, 1.807) is 53.6 Å². The zero-order valence-electron chi connectivity index (χ0n) is 17.1. The van der Waals surface area contributed by atoms with Gasteiger partial charge in [-0.1, -0.05) is 47.5 Å². The Bertz CT molecular complexity index is 1100. The number of nitrogens with two attached hydrogens (primary N) is 1. The lowest BCUT2D eigenvalue weighted by molar-refractivity contribution is -0.127. The maximum absolute atomic E-state index is 13.0. The van der Waals surface area contributed by atoms with Crippen LogP contribution in [-0.2, 0) is 22.7 Å². The summed E-state index contributed by atoms with van der Waals surface area (Å²) in [5.74, 6) is -0.214. The Balaban J connectivity index is 1.73. The van der Waals surface area contributed by atoms with E-state index in [9.17, 15) is 9.59 Å². The Labute approximate surface area is 196 Å². The second-order valence-electron chi connectivity index (χ2n) is 6.92. The number of ether oxygens (including phenoxy) is 1. The highest BCUT2D eigenvalue weighted by molar-refractivity contribution is 6.42. The van der Waals surface area contributed by atoms with Crippen LogP contribution < -0.4 is 10.5 Å². The number of rotatable bonds is 9. The number of carbonyl (C=O) groups excluding carboxylic acids is 2. The summed E-state index contributed by atoms with van der Waals surface area (Å²) in [5.41, 5.74) is 7.50. The second-order valence-corrected chi connectivity index (χ2v) is 7.74. The molecule has 8 heteroatoms. The molecule has 2 aromatic carbocycles. The number of amides is 2. The number of carbonyl (C=O) groups is 2. The van der Waals surface area contributed by atoms with Crippen molar-refractivity contribution in [2.75, 3.05) is 6.61 Å². The molecule has 32 heavy (non-hydrogen) atoms. The predicted molar refractivity (Wildman–Crippen MR) is 125 cm³/mol. The molecule has 0 bridgehead atoms. The maximum Gasteiger partial charge on any atom is 0.255 e. The first kappa shape index (κ1) is 23.3. The normalized spacial score (nSPS) is 10.8. The molecular formula is C24H21Cl2N3O3. The van der Waals surface area contributed by atoms with E-state index in [1.165, 1.54) is 6.08 Å². The van der Waals surface area contributed by atoms with E-state index in [-0.39, 0.29) is 12.5 Å². The van der Waals surface area contributed by atoms with Crippen LogP contribution in [0.3, 0.4) is 0 Å². The standard InChI is InChI=1S/C24H21Cl2N3O3/c25-21-10-6-18(13-22(21)26)14-29(15-19-3-1-2-12-28-19)24(31)11-7-17-4-8-20(9-5-17)32-16-23(27)30/h1-13H,14-16H2,(H2,27,30)/b11-7+. The van der Waals surface area contributed by atoms with Crippen molar-refractivity contribution in [3.05, 3.63) is 99.8 Å². The van der Waals surface area contributed by atoms with Crippen LogP contribution in [0.1, 0.15) is 16.8 Å². The molecule has 2 amide bonds. The average molecular weight is 470 g/mol. The number of hydrogen-bond acceptors (Lipinski definition) is 4. The lowest BCUT2D eigenvalue weighted by atomic mass is 10.1. The fourth-order valence-electron chi connectivity index (χ4n) is 2.86. The lowest BCUT2D eigenvalue weighted by Crippen LogP contribution is -2.28. The summed E-state index contributed by atoms with van der Waals surface area (Å²) in [7, 11) is 0. The molecule has 0 unspecified atom stereocenters. The molecule has 1 aromatic heterocycles. The topological polar surface area (TPSA) is 85.5 Å². The SMILES string of the molecule is NC(=O)COc1ccc(/C=C/C(=O)N(Cc2ccc(Cl)c(Cl)c2)Cc2ccccn2)cc1. The summed E-state index contributed by atoms with van der Waals surface area (Å²) in [6.45, 7) is 0.492. The molecule has 0 radical (unpaired) electrons. The van der Waals surface area contributed by atoms with Crippen molar-refractivity contribution in [1.29, 1.82) is 0 Å². The maximum atomic E-state index is 13.0. The van der Waals surface area contributed by atoms with Crippen LogP contribution in [0, 0.1) is 0 Å². The smallest absolute Gasteiger partial charge is 0.255 e. The first-order chi connectivity index (χ1) is 15.4. The molecule has 0 saturated carbocycles. The monoisotopic (exact) mass is 469 g/mol. The van der Waals surface area contributed by atoms with Gasteiger partial charge in [-0.05, 0) is 53.6 Å². The first-order valence-corrected chi connectivity index (χ1v) is 10.5. The molecule has 0 atom stereocenters. The number of hydrogen-bond donors (Lipinski definition) is 1. The summed E-state index contributed by atoms with van der Waals surface area (Å²) in [4.78, 5) is 29.8. The van der Waals surface area contributed by atoms with Gasteiger partial charge in [-0.15, -0.1) is 0 Å². The third kappa shape index (κ3) is 7.11. The minimum atomic E-state index is -0.547. The summed E-state index contributed by atoms with van der Waals surface area (Å²) in [5, 5.41) is 0.893. The fourth-order valence-corrected chi connectivity index (χ4v) is 3.18. The van der Waals surface area contributed by atoms with Gasteiger partial charge < -0.3 is 15.4 Å². The second kappa shape index (κ2) is 11.3. The molecule has 6 nitrogen and oxygen atoms in total. The van der Waals surface area contributed by atoms with Gasteiger partial charge in [0.1, 0.15) is 5.75 Å². The van der Waals surface area contributed by atoms with Crippen molar-refractivity contribution in [3.63, 3.8) is 0 Å². The Hall–Kier alpha value is -3.35. The van der Waals surface area contributed by atoms with Gasteiger partial charge in [0.05, 0.1) is 22.3 Å². The molecule has 3 aromatic rings. The van der Waals surface area contributed by atoms with E-state index >= 15 is 0 Å². The number of aromatic nitrogens is 1. The van der Waals surface area contributed by atoms with Crippen LogP contribution in [0.4, 0.5) is 0 Å². The molecule has 0 saturated heterocycles. The van der Waals surface area contributed by atoms with Gasteiger partial charge in [-0.2, -0.15) is 0 Å². The highest BCUT2D eigenvalue weighted by Gasteiger charge is 2.14. The highest BCUT2D eigenvalue weighted by Crippen LogP contribution is 2.24. The number of primary amides is 1. The van der Waals surface area contributed by atoms with Crippen LogP contribution >= 0.6 is 23.2 Å². The largest absolute Gasteiger partial charge is 0.484 e. The molecule has 164 valence electrons. The van der Waals surface area contributed by atoms with Gasteiger partial charge in [0.25, 0.3) is 5.91 Å². The summed E-state index contributed by atoms with van der Waals surface area (Å²) >= 11 is 12.1. The molecule has 0 spiro atoms. The van der Waals surface area contributed by atoms with Crippen molar-refractivity contribution in [2.24, 2.45) is 5.73 Å². The summed E-state index contributed by atoms with van der Waals surface area (Å²) in [6.07, 6.45) is 4.90. The van der Waals surface area contributed by atoms with Crippen molar-refractivity contribution >= 4 is 41.1 Å². The predicted octanol–water partition coefficient (Wildman–Crippen LogP) is 4.49. The van der Waals surface area contributed by atoms with E-state index in [0.29, 0.717) is 28.9 Å². The Morgan fingerprint density at radius 2 is 1.78 bits per heavy atom. The minimum Gasteiger partial charge on any atom is -0.484 e. The van der Waals surface area contributed by atoms with Crippen LogP contribution in [0.5, 0.6) is 5.75 Å². The number of halogens is 2. The summed E-state index contributed by atoms with van der Waals surface area (Å²) in [6, 6.07) is 17.8. The van der Waals surface area contributed by atoms with Gasteiger partial charge in [-0.25, -0.2) is 0 Å². The van der Waals surface area contributed by atoms with Crippen LogP contribution in [0.2, 0.25) is 10.0 Å². The van der Waals surface area contributed by atoms with Crippen LogP contribution in [-0.4, -0.2) is 28.3 Å².